The summed E-state index contributed by atoms with van der Waals surface area (Å²) in [6, 6.07) is 14.5. The van der Waals surface area contributed by atoms with Crippen molar-refractivity contribution in [2.45, 2.75) is 26.4 Å². The number of carbonyl (C=O) groups excluding carboxylic acids is 1. The number of ether oxygens (including phenoxy) is 2. The number of amides is 1. The minimum atomic E-state index is -3.90. The third-order valence-corrected chi connectivity index (χ3v) is 6.11. The van der Waals surface area contributed by atoms with Gasteiger partial charge >= 0.3 is 6.09 Å². The monoisotopic (exact) mass is 517 g/mol. The summed E-state index contributed by atoms with van der Waals surface area (Å²) in [5.41, 5.74) is 1.33. The minimum absolute atomic E-state index is 0.0539. The number of nitrogens with zero attached hydrogens (tertiary/aromatic N) is 4. The molecule has 0 saturated carbocycles. The van der Waals surface area contributed by atoms with Gasteiger partial charge in [-0.15, -0.1) is 5.10 Å². The van der Waals surface area contributed by atoms with E-state index in [9.17, 15) is 18.3 Å². The lowest BCUT2D eigenvalue weighted by atomic mass is 10.1. The molecule has 0 aliphatic rings. The number of hydrogen-bond donors (Lipinski definition) is 2. The number of sulfonamides is 1. The van der Waals surface area contributed by atoms with Gasteiger partial charge in [0.25, 0.3) is 0 Å². The van der Waals surface area contributed by atoms with Crippen molar-refractivity contribution in [2.24, 2.45) is 0 Å². The van der Waals surface area contributed by atoms with Gasteiger partial charge in [-0.1, -0.05) is 30.3 Å². The molecule has 0 saturated heterocycles. The number of aliphatic hydroxyl groups is 1. The fourth-order valence-electron chi connectivity index (χ4n) is 3.24. The molecule has 2 heterocycles. The van der Waals surface area contributed by atoms with Crippen LogP contribution >= 0.6 is 0 Å². The third-order valence-electron chi connectivity index (χ3n) is 4.86. The van der Waals surface area contributed by atoms with E-state index in [-0.39, 0.29) is 25.5 Å². The highest BCUT2D eigenvalue weighted by molar-refractivity contribution is 7.92. The van der Waals surface area contributed by atoms with Gasteiger partial charge in [0.05, 0.1) is 37.0 Å². The number of aromatic nitrogens is 3. The highest BCUT2D eigenvalue weighted by Gasteiger charge is 2.24. The van der Waals surface area contributed by atoms with Gasteiger partial charge in [0, 0.05) is 30.8 Å². The highest BCUT2D eigenvalue weighted by Crippen LogP contribution is 2.26. The Balaban J connectivity index is 1.82. The Morgan fingerprint density at radius 2 is 1.86 bits per heavy atom. The summed E-state index contributed by atoms with van der Waals surface area (Å²) < 4.78 is 40.2. The van der Waals surface area contributed by atoms with Gasteiger partial charge in [-0.25, -0.2) is 22.9 Å². The highest BCUT2D eigenvalue weighted by atomic mass is 32.2. The molecule has 0 radical (unpaired) electrons. The van der Waals surface area contributed by atoms with Crippen molar-refractivity contribution in [3.63, 3.8) is 0 Å². The lowest BCUT2D eigenvalue weighted by molar-refractivity contribution is 0.0232. The smallest absolute Gasteiger partial charge is 0.410 e. The van der Waals surface area contributed by atoms with Gasteiger partial charge in [-0.2, -0.15) is 0 Å². The van der Waals surface area contributed by atoms with Crippen LogP contribution in [0.2, 0.25) is 0 Å². The molecule has 3 aromatic rings. The first-order chi connectivity index (χ1) is 17.0. The zero-order chi connectivity index (χ0) is 26.3. The maximum Gasteiger partial charge on any atom is 0.410 e. The number of rotatable bonds is 10. The molecule has 0 fully saturated rings. The van der Waals surface area contributed by atoms with E-state index >= 15 is 0 Å². The SMILES string of the molecule is COc1ccc(-n2nc(NS(=O)(=O)CCN(CCO)C(=O)OC(C)(C)C)cc2-c2ccccc2)cn1. The Bertz CT molecular complexity index is 1250. The molecule has 1 amide bonds. The van der Waals surface area contributed by atoms with E-state index in [2.05, 4.69) is 14.8 Å². The van der Waals surface area contributed by atoms with Gasteiger partial charge in [0.2, 0.25) is 15.9 Å². The molecule has 0 unspecified atom stereocenters. The van der Waals surface area contributed by atoms with Crippen molar-refractivity contribution in [1.82, 2.24) is 19.7 Å². The molecule has 0 bridgehead atoms. The largest absolute Gasteiger partial charge is 0.481 e. The Labute approximate surface area is 210 Å². The van der Waals surface area contributed by atoms with Crippen LogP contribution in [-0.2, 0) is 14.8 Å². The van der Waals surface area contributed by atoms with Gasteiger partial charge < -0.3 is 19.5 Å². The van der Waals surface area contributed by atoms with Crippen LogP contribution in [-0.4, -0.2) is 77.4 Å². The molecule has 0 aliphatic carbocycles. The van der Waals surface area contributed by atoms with Crippen LogP contribution in [0.15, 0.2) is 54.7 Å². The summed E-state index contributed by atoms with van der Waals surface area (Å²) in [6.07, 6.45) is 0.874. The van der Waals surface area contributed by atoms with E-state index in [1.807, 2.05) is 30.3 Å². The summed E-state index contributed by atoms with van der Waals surface area (Å²) in [7, 11) is -2.38. The zero-order valence-corrected chi connectivity index (χ0v) is 21.5. The van der Waals surface area contributed by atoms with Crippen LogP contribution in [0.5, 0.6) is 5.88 Å². The summed E-state index contributed by atoms with van der Waals surface area (Å²) in [5, 5.41) is 13.7. The summed E-state index contributed by atoms with van der Waals surface area (Å²) in [4.78, 5) is 17.7. The molecule has 11 nitrogen and oxygen atoms in total. The first-order valence-corrected chi connectivity index (χ1v) is 12.9. The van der Waals surface area contributed by atoms with Crippen LogP contribution in [0.4, 0.5) is 10.6 Å². The van der Waals surface area contributed by atoms with Crippen molar-refractivity contribution in [3.8, 4) is 22.8 Å². The number of nitrogens with one attached hydrogen (secondary N) is 1. The van der Waals surface area contributed by atoms with Gasteiger partial charge in [-0.3, -0.25) is 4.72 Å². The quantitative estimate of drug-likeness (QED) is 0.419. The van der Waals surface area contributed by atoms with Crippen molar-refractivity contribution >= 4 is 21.9 Å². The van der Waals surface area contributed by atoms with E-state index in [0.717, 1.165) is 10.5 Å². The van der Waals surface area contributed by atoms with E-state index in [1.54, 1.807) is 49.8 Å². The van der Waals surface area contributed by atoms with Crippen LogP contribution < -0.4 is 9.46 Å². The second kappa shape index (κ2) is 11.4. The molecule has 194 valence electrons. The van der Waals surface area contributed by atoms with Crippen molar-refractivity contribution in [1.29, 1.82) is 0 Å². The number of benzene rings is 1. The second-order valence-electron chi connectivity index (χ2n) is 8.86. The second-order valence-corrected chi connectivity index (χ2v) is 10.7. The van der Waals surface area contributed by atoms with E-state index in [1.165, 1.54) is 7.11 Å². The molecular weight excluding hydrogens is 486 g/mol. The van der Waals surface area contributed by atoms with Crippen LogP contribution in [0.1, 0.15) is 20.8 Å². The van der Waals surface area contributed by atoms with E-state index in [0.29, 0.717) is 17.3 Å². The fraction of sp³-hybridized carbons (Fsp3) is 0.375. The maximum absolute atomic E-state index is 12.9. The third kappa shape index (κ3) is 7.43. The number of aliphatic hydroxyl groups excluding tert-OH is 1. The van der Waals surface area contributed by atoms with Gasteiger partial charge in [0.1, 0.15) is 5.60 Å². The summed E-state index contributed by atoms with van der Waals surface area (Å²) in [6.45, 7) is 4.58. The van der Waals surface area contributed by atoms with Gasteiger partial charge in [0.15, 0.2) is 5.82 Å². The first-order valence-electron chi connectivity index (χ1n) is 11.3. The number of anilines is 1. The first kappa shape index (κ1) is 27.0. The van der Waals surface area contributed by atoms with E-state index in [4.69, 9.17) is 9.47 Å². The lowest BCUT2D eigenvalue weighted by Gasteiger charge is -2.26. The predicted octanol–water partition coefficient (Wildman–Crippen LogP) is 2.91. The number of carbonyl (C=O) groups is 1. The predicted molar refractivity (Wildman–Crippen MR) is 136 cm³/mol. The molecule has 2 N–H and O–H groups in total. The number of methoxy groups -OCH3 is 1. The molecule has 1 aromatic carbocycles. The number of pyridine rings is 1. The summed E-state index contributed by atoms with van der Waals surface area (Å²) in [5.74, 6) is 0.130. The Hall–Kier alpha value is -3.64. The Morgan fingerprint density at radius 3 is 2.44 bits per heavy atom. The average Bonchev–Trinajstić information content (AvgIpc) is 3.24. The van der Waals surface area contributed by atoms with Gasteiger partial charge in [-0.05, 0) is 26.8 Å². The fourth-order valence-corrected chi connectivity index (χ4v) is 4.22. The topological polar surface area (TPSA) is 136 Å². The molecule has 0 spiro atoms. The Morgan fingerprint density at radius 1 is 1.14 bits per heavy atom. The van der Waals surface area contributed by atoms with E-state index < -0.39 is 27.5 Å². The molecule has 12 heteroatoms. The Kier molecular flexibility index (Phi) is 8.53. The van der Waals surface area contributed by atoms with Crippen LogP contribution in [0.3, 0.4) is 0 Å². The van der Waals surface area contributed by atoms with Crippen molar-refractivity contribution < 1.29 is 27.8 Å². The summed E-state index contributed by atoms with van der Waals surface area (Å²) >= 11 is 0. The zero-order valence-electron chi connectivity index (χ0n) is 20.7. The minimum Gasteiger partial charge on any atom is -0.481 e. The molecular formula is C24H31N5O6S. The van der Waals surface area contributed by atoms with Crippen molar-refractivity contribution in [3.05, 3.63) is 54.7 Å². The van der Waals surface area contributed by atoms with Crippen LogP contribution in [0.25, 0.3) is 16.9 Å². The lowest BCUT2D eigenvalue weighted by Crippen LogP contribution is -2.41. The average molecular weight is 518 g/mol. The molecule has 36 heavy (non-hydrogen) atoms. The van der Waals surface area contributed by atoms with Crippen LogP contribution in [0, 0.1) is 0 Å². The molecule has 2 aromatic heterocycles. The molecule has 3 rings (SSSR count). The molecule has 0 aliphatic heterocycles. The maximum atomic E-state index is 12.9. The standard InChI is InChI=1S/C24H31N5O6S/c1-24(2,3)35-23(31)28(12-14-30)13-15-36(32,33)27-21-16-20(18-8-6-5-7-9-18)29(26-21)19-10-11-22(34-4)25-17-19/h5-11,16-17,30H,12-15H2,1-4H3,(H,26,27). The number of hydrogen-bond acceptors (Lipinski definition) is 8. The van der Waals surface area contributed by atoms with Crippen molar-refractivity contribution in [2.75, 3.05) is 37.3 Å². The normalized spacial score (nSPS) is 11.7. The molecule has 0 atom stereocenters.